The van der Waals surface area contributed by atoms with Crippen molar-refractivity contribution in [1.29, 1.82) is 0 Å². The van der Waals surface area contributed by atoms with Crippen molar-refractivity contribution in [3.8, 4) is 5.75 Å². The maximum absolute atomic E-state index is 13.8. The van der Waals surface area contributed by atoms with Crippen LogP contribution in [0.5, 0.6) is 5.75 Å². The number of rotatable bonds is 5. The van der Waals surface area contributed by atoms with Gasteiger partial charge in [0, 0.05) is 13.1 Å². The van der Waals surface area contributed by atoms with E-state index < -0.39 is 11.8 Å². The second-order valence-electron chi connectivity index (χ2n) is 4.37. The average molecular weight is 291 g/mol. The number of aliphatic carboxylic acids is 1. The van der Waals surface area contributed by atoms with Crippen molar-refractivity contribution in [2.24, 2.45) is 7.05 Å². The first-order valence-corrected chi connectivity index (χ1v) is 6.15. The molecular formula is C14H14FN3O3. The summed E-state index contributed by atoms with van der Waals surface area (Å²) in [5, 5.41) is 16.3. The topological polar surface area (TPSA) is 77.2 Å². The summed E-state index contributed by atoms with van der Waals surface area (Å²) >= 11 is 0. The molecule has 1 N–H and O–H groups in total. The van der Waals surface area contributed by atoms with Crippen LogP contribution >= 0.6 is 0 Å². The normalized spacial score (nSPS) is 11.0. The largest absolute Gasteiger partial charge is 0.483 e. The highest BCUT2D eigenvalue weighted by atomic mass is 19.1. The Morgan fingerprint density at radius 2 is 2.24 bits per heavy atom. The first-order valence-electron chi connectivity index (χ1n) is 6.15. The molecule has 0 unspecified atom stereocenters. The predicted octanol–water partition coefficient (Wildman–Crippen LogP) is 1.94. The molecule has 0 saturated carbocycles. The highest BCUT2D eigenvalue weighted by Gasteiger charge is 2.08. The van der Waals surface area contributed by atoms with Gasteiger partial charge in [0.15, 0.2) is 17.4 Å². The number of hydrogen-bond donors (Lipinski definition) is 1. The molecule has 21 heavy (non-hydrogen) atoms. The van der Waals surface area contributed by atoms with Gasteiger partial charge in [-0.2, -0.15) is 0 Å². The van der Waals surface area contributed by atoms with Gasteiger partial charge in [0.1, 0.15) is 12.4 Å². The van der Waals surface area contributed by atoms with Crippen molar-refractivity contribution in [2.75, 3.05) is 0 Å². The van der Waals surface area contributed by atoms with Crippen LogP contribution in [0.2, 0.25) is 0 Å². The minimum absolute atomic E-state index is 0.0723. The SMILES string of the molecule is Cc1nnc(COc2ccc(/C=C/C(=O)O)cc2F)n1C. The molecule has 0 aliphatic rings. The molecule has 0 aliphatic carbocycles. The minimum Gasteiger partial charge on any atom is -0.483 e. The number of aromatic nitrogens is 3. The van der Waals surface area contributed by atoms with Gasteiger partial charge in [-0.05, 0) is 30.7 Å². The van der Waals surface area contributed by atoms with Gasteiger partial charge >= 0.3 is 5.97 Å². The van der Waals surface area contributed by atoms with E-state index in [-0.39, 0.29) is 12.4 Å². The highest BCUT2D eigenvalue weighted by molar-refractivity contribution is 5.85. The molecule has 0 radical (unpaired) electrons. The number of halogens is 1. The van der Waals surface area contributed by atoms with Gasteiger partial charge < -0.3 is 14.4 Å². The number of carboxylic acids is 1. The fourth-order valence-corrected chi connectivity index (χ4v) is 1.62. The maximum atomic E-state index is 13.8. The summed E-state index contributed by atoms with van der Waals surface area (Å²) < 4.78 is 20.9. The van der Waals surface area contributed by atoms with E-state index in [4.69, 9.17) is 9.84 Å². The molecule has 2 rings (SSSR count). The Kier molecular flexibility index (Phi) is 4.32. The molecule has 7 heteroatoms. The van der Waals surface area contributed by atoms with Gasteiger partial charge in [-0.1, -0.05) is 6.07 Å². The number of benzene rings is 1. The third kappa shape index (κ3) is 3.65. The lowest BCUT2D eigenvalue weighted by molar-refractivity contribution is -0.131. The monoisotopic (exact) mass is 291 g/mol. The first kappa shape index (κ1) is 14.7. The van der Waals surface area contributed by atoms with Crippen molar-refractivity contribution < 1.29 is 19.0 Å². The van der Waals surface area contributed by atoms with Crippen LogP contribution in [0.1, 0.15) is 17.2 Å². The van der Waals surface area contributed by atoms with Crippen LogP contribution in [0.3, 0.4) is 0 Å². The van der Waals surface area contributed by atoms with Crippen molar-refractivity contribution in [3.63, 3.8) is 0 Å². The van der Waals surface area contributed by atoms with E-state index >= 15 is 0 Å². The van der Waals surface area contributed by atoms with Crippen LogP contribution in [0.15, 0.2) is 24.3 Å². The molecule has 0 amide bonds. The molecule has 0 aliphatic heterocycles. The molecule has 110 valence electrons. The Labute approximate surface area is 120 Å². The van der Waals surface area contributed by atoms with Crippen molar-refractivity contribution in [3.05, 3.63) is 47.3 Å². The number of aryl methyl sites for hydroxylation is 1. The van der Waals surface area contributed by atoms with Crippen LogP contribution in [-0.2, 0) is 18.4 Å². The third-order valence-electron chi connectivity index (χ3n) is 2.91. The molecule has 0 bridgehead atoms. The zero-order chi connectivity index (χ0) is 15.4. The molecular weight excluding hydrogens is 277 g/mol. The Balaban J connectivity index is 2.07. The van der Waals surface area contributed by atoms with Gasteiger partial charge in [-0.3, -0.25) is 0 Å². The van der Waals surface area contributed by atoms with Gasteiger partial charge in [0.25, 0.3) is 0 Å². The number of hydrogen-bond acceptors (Lipinski definition) is 4. The summed E-state index contributed by atoms with van der Waals surface area (Å²) in [4.78, 5) is 10.4. The molecule has 0 saturated heterocycles. The lowest BCUT2D eigenvalue weighted by Gasteiger charge is -2.07. The van der Waals surface area contributed by atoms with Gasteiger partial charge in [-0.25, -0.2) is 9.18 Å². The lowest BCUT2D eigenvalue weighted by Crippen LogP contribution is -2.05. The summed E-state index contributed by atoms with van der Waals surface area (Å²) in [6.07, 6.45) is 2.25. The second-order valence-corrected chi connectivity index (χ2v) is 4.37. The van der Waals surface area contributed by atoms with Crippen LogP contribution in [0.4, 0.5) is 4.39 Å². The third-order valence-corrected chi connectivity index (χ3v) is 2.91. The molecule has 0 atom stereocenters. The zero-order valence-electron chi connectivity index (χ0n) is 11.6. The van der Waals surface area contributed by atoms with E-state index in [0.29, 0.717) is 11.4 Å². The van der Waals surface area contributed by atoms with Crippen molar-refractivity contribution in [2.45, 2.75) is 13.5 Å². The minimum atomic E-state index is -1.09. The number of carbonyl (C=O) groups is 1. The standard InChI is InChI=1S/C14H14FN3O3/c1-9-16-17-13(18(9)2)8-21-12-5-3-10(7-11(12)15)4-6-14(19)20/h3-7H,8H2,1-2H3,(H,19,20)/b6-4+. The average Bonchev–Trinajstić information content (AvgIpc) is 2.75. The smallest absolute Gasteiger partial charge is 0.328 e. The molecule has 1 heterocycles. The van der Waals surface area contributed by atoms with Crippen LogP contribution in [0, 0.1) is 12.7 Å². The first-order chi connectivity index (χ1) is 9.97. The quantitative estimate of drug-likeness (QED) is 0.852. The van der Waals surface area contributed by atoms with Crippen molar-refractivity contribution in [1.82, 2.24) is 14.8 Å². The lowest BCUT2D eigenvalue weighted by atomic mass is 10.2. The summed E-state index contributed by atoms with van der Waals surface area (Å²) in [5.41, 5.74) is 0.441. The second kappa shape index (κ2) is 6.17. The molecule has 0 fully saturated rings. The van der Waals surface area contributed by atoms with E-state index in [1.54, 1.807) is 24.6 Å². The van der Waals surface area contributed by atoms with E-state index in [0.717, 1.165) is 11.9 Å². The van der Waals surface area contributed by atoms with Gasteiger partial charge in [0.05, 0.1) is 0 Å². The molecule has 1 aromatic heterocycles. The number of nitrogens with zero attached hydrogens (tertiary/aromatic N) is 3. The Bertz CT molecular complexity index is 695. The fraction of sp³-hybridized carbons (Fsp3) is 0.214. The Hall–Kier alpha value is -2.70. The van der Waals surface area contributed by atoms with Crippen molar-refractivity contribution >= 4 is 12.0 Å². The summed E-state index contributed by atoms with van der Waals surface area (Å²) in [6, 6.07) is 4.22. The summed E-state index contributed by atoms with van der Waals surface area (Å²) in [6.45, 7) is 1.90. The summed E-state index contributed by atoms with van der Waals surface area (Å²) in [5.74, 6) is -0.261. The molecule has 2 aromatic rings. The highest BCUT2D eigenvalue weighted by Crippen LogP contribution is 2.20. The van der Waals surface area contributed by atoms with Gasteiger partial charge in [0.2, 0.25) is 0 Å². The van der Waals surface area contributed by atoms with E-state index in [1.165, 1.54) is 18.2 Å². The predicted molar refractivity (Wildman–Crippen MR) is 73.1 cm³/mol. The van der Waals surface area contributed by atoms with Crippen LogP contribution < -0.4 is 4.74 Å². The Morgan fingerprint density at radius 1 is 1.48 bits per heavy atom. The van der Waals surface area contributed by atoms with E-state index in [9.17, 15) is 9.18 Å². The summed E-state index contributed by atoms with van der Waals surface area (Å²) in [7, 11) is 1.80. The fourth-order valence-electron chi connectivity index (χ4n) is 1.62. The molecule has 0 spiro atoms. The number of carboxylic acid groups (broad SMARTS) is 1. The van der Waals surface area contributed by atoms with E-state index in [1.807, 2.05) is 0 Å². The Morgan fingerprint density at radius 3 is 2.81 bits per heavy atom. The van der Waals surface area contributed by atoms with Crippen LogP contribution in [0.25, 0.3) is 6.08 Å². The molecule has 6 nitrogen and oxygen atoms in total. The van der Waals surface area contributed by atoms with Gasteiger partial charge in [-0.15, -0.1) is 10.2 Å². The maximum Gasteiger partial charge on any atom is 0.328 e. The van der Waals surface area contributed by atoms with E-state index in [2.05, 4.69) is 10.2 Å². The zero-order valence-corrected chi connectivity index (χ0v) is 11.6. The van der Waals surface area contributed by atoms with Crippen LogP contribution in [-0.4, -0.2) is 25.8 Å². The molecule has 1 aromatic carbocycles. The number of ether oxygens (including phenoxy) is 1.